The van der Waals surface area contributed by atoms with Crippen molar-refractivity contribution in [1.82, 2.24) is 15.5 Å². The molecule has 3 nitrogen and oxygen atoms in total. The maximum absolute atomic E-state index is 4.24. The van der Waals surface area contributed by atoms with Crippen molar-refractivity contribution in [3.63, 3.8) is 0 Å². The summed E-state index contributed by atoms with van der Waals surface area (Å²) in [6.07, 6.45) is 2.02. The highest BCUT2D eigenvalue weighted by molar-refractivity contribution is 7.11. The zero-order valence-electron chi connectivity index (χ0n) is 10.9. The first-order chi connectivity index (χ1) is 8.79. The molecule has 1 N–H and O–H groups in total. The lowest BCUT2D eigenvalue weighted by Gasteiger charge is -2.02. The minimum atomic E-state index is 0.832. The molecule has 0 radical (unpaired) electrons. The Morgan fingerprint density at radius 1 is 1.11 bits per heavy atom. The number of nitrogens with zero attached hydrogens (tertiary/aromatic N) is 2. The Labute approximate surface area is 112 Å². The van der Waals surface area contributed by atoms with E-state index in [1.165, 1.54) is 11.1 Å². The molecule has 0 fully saturated rings. The first-order valence-electron chi connectivity index (χ1n) is 6.36. The van der Waals surface area contributed by atoms with Gasteiger partial charge in [0.05, 0.1) is 0 Å². The number of aryl methyl sites for hydroxylation is 3. The van der Waals surface area contributed by atoms with Gasteiger partial charge in [0.25, 0.3) is 0 Å². The van der Waals surface area contributed by atoms with Crippen LogP contribution in [0.2, 0.25) is 0 Å². The van der Waals surface area contributed by atoms with Crippen LogP contribution in [0.5, 0.6) is 0 Å². The Kier molecular flexibility index (Phi) is 4.84. The van der Waals surface area contributed by atoms with E-state index in [4.69, 9.17) is 0 Å². The molecule has 0 aliphatic rings. The number of rotatable bonds is 6. The SMILES string of the molecule is CCNCc1nnc(CCc2ccccc2C)s1. The van der Waals surface area contributed by atoms with Gasteiger partial charge in [0.2, 0.25) is 0 Å². The first-order valence-corrected chi connectivity index (χ1v) is 7.17. The molecule has 2 rings (SSSR count). The predicted octanol–water partition coefficient (Wildman–Crippen LogP) is 2.74. The van der Waals surface area contributed by atoms with Crippen molar-refractivity contribution in [2.45, 2.75) is 33.2 Å². The van der Waals surface area contributed by atoms with Crippen LogP contribution in [-0.2, 0) is 19.4 Å². The van der Waals surface area contributed by atoms with Crippen LogP contribution in [0.3, 0.4) is 0 Å². The summed E-state index contributed by atoms with van der Waals surface area (Å²) >= 11 is 1.71. The number of nitrogens with one attached hydrogen (secondary N) is 1. The number of hydrogen-bond acceptors (Lipinski definition) is 4. The summed E-state index contributed by atoms with van der Waals surface area (Å²) < 4.78 is 0. The molecular formula is C14H19N3S. The number of aromatic nitrogens is 2. The summed E-state index contributed by atoms with van der Waals surface area (Å²) in [5, 5.41) is 13.9. The van der Waals surface area contributed by atoms with E-state index in [1.807, 2.05) is 0 Å². The second kappa shape index (κ2) is 6.61. The quantitative estimate of drug-likeness (QED) is 0.869. The van der Waals surface area contributed by atoms with Gasteiger partial charge in [-0.2, -0.15) is 0 Å². The molecule has 0 saturated carbocycles. The van der Waals surface area contributed by atoms with Gasteiger partial charge in [-0.1, -0.05) is 31.2 Å². The van der Waals surface area contributed by atoms with Gasteiger partial charge in [0, 0.05) is 13.0 Å². The second-order valence-electron chi connectivity index (χ2n) is 4.30. The van der Waals surface area contributed by atoms with Crippen molar-refractivity contribution in [1.29, 1.82) is 0 Å². The predicted molar refractivity (Wildman–Crippen MR) is 75.9 cm³/mol. The zero-order chi connectivity index (χ0) is 12.8. The van der Waals surface area contributed by atoms with Gasteiger partial charge in [-0.3, -0.25) is 0 Å². The average Bonchev–Trinajstić information content (AvgIpc) is 2.83. The molecule has 0 aliphatic carbocycles. The third-order valence-electron chi connectivity index (χ3n) is 2.90. The van der Waals surface area contributed by atoms with E-state index < -0.39 is 0 Å². The van der Waals surface area contributed by atoms with Crippen LogP contribution in [0.15, 0.2) is 24.3 Å². The molecule has 1 aromatic carbocycles. The molecular weight excluding hydrogens is 242 g/mol. The van der Waals surface area contributed by atoms with E-state index in [9.17, 15) is 0 Å². The fourth-order valence-corrected chi connectivity index (χ4v) is 2.64. The van der Waals surface area contributed by atoms with Crippen molar-refractivity contribution in [3.05, 3.63) is 45.4 Å². The highest BCUT2D eigenvalue weighted by atomic mass is 32.1. The van der Waals surface area contributed by atoms with E-state index in [1.54, 1.807) is 11.3 Å². The fraction of sp³-hybridized carbons (Fsp3) is 0.429. The summed E-state index contributed by atoms with van der Waals surface area (Å²) in [6, 6.07) is 8.53. The van der Waals surface area contributed by atoms with Crippen molar-refractivity contribution < 1.29 is 0 Å². The molecule has 0 spiro atoms. The molecule has 1 heterocycles. The maximum atomic E-state index is 4.24. The Morgan fingerprint density at radius 3 is 2.67 bits per heavy atom. The van der Waals surface area contributed by atoms with Crippen LogP contribution in [0.4, 0.5) is 0 Å². The summed E-state index contributed by atoms with van der Waals surface area (Å²) in [6.45, 7) is 6.06. The van der Waals surface area contributed by atoms with E-state index in [0.29, 0.717) is 0 Å². The first kappa shape index (κ1) is 13.2. The normalized spacial score (nSPS) is 10.8. The van der Waals surface area contributed by atoms with Crippen molar-refractivity contribution >= 4 is 11.3 Å². The van der Waals surface area contributed by atoms with Crippen LogP contribution in [-0.4, -0.2) is 16.7 Å². The molecule has 96 valence electrons. The Morgan fingerprint density at radius 2 is 1.89 bits per heavy atom. The molecule has 0 saturated heterocycles. The van der Waals surface area contributed by atoms with Crippen molar-refractivity contribution in [3.8, 4) is 0 Å². The van der Waals surface area contributed by atoms with E-state index in [2.05, 4.69) is 53.6 Å². The van der Waals surface area contributed by atoms with Crippen LogP contribution >= 0.6 is 11.3 Å². The van der Waals surface area contributed by atoms with E-state index in [-0.39, 0.29) is 0 Å². The van der Waals surface area contributed by atoms with Crippen LogP contribution in [0.25, 0.3) is 0 Å². The zero-order valence-corrected chi connectivity index (χ0v) is 11.8. The van der Waals surface area contributed by atoms with Crippen LogP contribution in [0, 0.1) is 6.92 Å². The van der Waals surface area contributed by atoms with Gasteiger partial charge in [-0.15, -0.1) is 21.5 Å². The summed E-state index contributed by atoms with van der Waals surface area (Å²) in [7, 11) is 0. The van der Waals surface area contributed by atoms with E-state index in [0.717, 1.165) is 35.9 Å². The molecule has 0 bridgehead atoms. The number of benzene rings is 1. The molecule has 2 aromatic rings. The monoisotopic (exact) mass is 261 g/mol. The maximum Gasteiger partial charge on any atom is 0.131 e. The largest absolute Gasteiger partial charge is 0.311 e. The number of hydrogen-bond donors (Lipinski definition) is 1. The lowest BCUT2D eigenvalue weighted by molar-refractivity contribution is 0.713. The Balaban J connectivity index is 1.90. The van der Waals surface area contributed by atoms with Gasteiger partial charge in [-0.25, -0.2) is 0 Å². The Bertz CT molecular complexity index is 493. The molecule has 18 heavy (non-hydrogen) atoms. The lowest BCUT2D eigenvalue weighted by Crippen LogP contribution is -2.11. The van der Waals surface area contributed by atoms with Crippen molar-refractivity contribution in [2.75, 3.05) is 6.54 Å². The minimum absolute atomic E-state index is 0.832. The van der Waals surface area contributed by atoms with Crippen molar-refractivity contribution in [2.24, 2.45) is 0 Å². The second-order valence-corrected chi connectivity index (χ2v) is 5.44. The molecule has 4 heteroatoms. The van der Waals surface area contributed by atoms with Crippen LogP contribution < -0.4 is 5.32 Å². The smallest absolute Gasteiger partial charge is 0.131 e. The third-order valence-corrected chi connectivity index (χ3v) is 3.89. The standard InChI is InChI=1S/C14H19N3S/c1-3-15-10-14-17-16-13(18-14)9-8-12-7-5-4-6-11(12)2/h4-7,15H,3,8-10H2,1-2H3. The minimum Gasteiger partial charge on any atom is -0.311 e. The highest BCUT2D eigenvalue weighted by Crippen LogP contribution is 2.14. The molecule has 0 aliphatic heterocycles. The average molecular weight is 261 g/mol. The molecule has 1 aromatic heterocycles. The highest BCUT2D eigenvalue weighted by Gasteiger charge is 2.05. The van der Waals surface area contributed by atoms with Crippen LogP contribution in [0.1, 0.15) is 28.1 Å². The van der Waals surface area contributed by atoms with Gasteiger partial charge >= 0.3 is 0 Å². The summed E-state index contributed by atoms with van der Waals surface area (Å²) in [5.41, 5.74) is 2.76. The Hall–Kier alpha value is -1.26. The fourth-order valence-electron chi connectivity index (χ4n) is 1.82. The molecule has 0 amide bonds. The summed E-state index contributed by atoms with van der Waals surface area (Å²) in [4.78, 5) is 0. The lowest BCUT2D eigenvalue weighted by atomic mass is 10.0. The van der Waals surface area contributed by atoms with Gasteiger partial charge in [-0.05, 0) is 31.0 Å². The molecule has 0 unspecified atom stereocenters. The summed E-state index contributed by atoms with van der Waals surface area (Å²) in [5.74, 6) is 0. The molecule has 0 atom stereocenters. The third kappa shape index (κ3) is 3.62. The van der Waals surface area contributed by atoms with Gasteiger partial charge < -0.3 is 5.32 Å². The topological polar surface area (TPSA) is 37.8 Å². The van der Waals surface area contributed by atoms with E-state index >= 15 is 0 Å². The van der Waals surface area contributed by atoms with Gasteiger partial charge in [0.15, 0.2) is 0 Å². The van der Waals surface area contributed by atoms with Gasteiger partial charge in [0.1, 0.15) is 10.0 Å².